The van der Waals surface area contributed by atoms with Crippen LogP contribution in [0.15, 0.2) is 24.3 Å². The number of likely N-dealkylation sites (N-methyl/N-ethyl adjacent to an activating group) is 1. The molecule has 1 fully saturated rings. The van der Waals surface area contributed by atoms with Gasteiger partial charge in [0.15, 0.2) is 0 Å². The largest absolute Gasteiger partial charge is 0.371 e. The van der Waals surface area contributed by atoms with Crippen LogP contribution >= 0.6 is 0 Å². The Bertz CT molecular complexity index is 563. The number of ether oxygens (including phenoxy) is 1. The molecule has 0 aliphatic carbocycles. The molecule has 2 aliphatic heterocycles. The van der Waals surface area contributed by atoms with E-state index in [1.54, 1.807) is 4.90 Å². The average Bonchev–Trinajstić information content (AvgIpc) is 2.55. The summed E-state index contributed by atoms with van der Waals surface area (Å²) in [7, 11) is 1.82. The number of nitrogens with zero attached hydrogens (tertiary/aromatic N) is 1. The van der Waals surface area contributed by atoms with Crippen LogP contribution < -0.4 is 5.32 Å². The number of hydrogen-bond acceptors (Lipinski definition) is 3. The first-order chi connectivity index (χ1) is 10.6. The Morgan fingerprint density at radius 2 is 2.18 bits per heavy atom. The van der Waals surface area contributed by atoms with E-state index in [1.165, 1.54) is 11.1 Å². The highest BCUT2D eigenvalue weighted by Gasteiger charge is 2.29. The van der Waals surface area contributed by atoms with E-state index >= 15 is 0 Å². The number of benzene rings is 1. The van der Waals surface area contributed by atoms with E-state index in [0.717, 1.165) is 6.42 Å². The van der Waals surface area contributed by atoms with Crippen molar-refractivity contribution in [2.45, 2.75) is 25.4 Å². The third-order valence-electron chi connectivity index (χ3n) is 4.52. The number of fused-ring (bicyclic) bond motifs is 1. The SMILES string of the molecule is CN(C[C@@H]1OCCc2ccccc21)C(=O)[C@H]1CCC(=O)NC1. The van der Waals surface area contributed by atoms with Crippen LogP contribution in [0.2, 0.25) is 0 Å². The van der Waals surface area contributed by atoms with Crippen LogP contribution in [-0.4, -0.2) is 43.5 Å². The highest BCUT2D eigenvalue weighted by Crippen LogP contribution is 2.28. The smallest absolute Gasteiger partial charge is 0.227 e. The van der Waals surface area contributed by atoms with Crippen molar-refractivity contribution >= 4 is 11.8 Å². The summed E-state index contributed by atoms with van der Waals surface area (Å²) in [6, 6.07) is 8.27. The molecule has 0 aromatic heterocycles. The molecular weight excluding hydrogens is 280 g/mol. The van der Waals surface area contributed by atoms with Crippen molar-refractivity contribution in [3.8, 4) is 0 Å². The van der Waals surface area contributed by atoms with Crippen LogP contribution in [0.1, 0.15) is 30.1 Å². The van der Waals surface area contributed by atoms with Gasteiger partial charge in [0.2, 0.25) is 11.8 Å². The number of carbonyl (C=O) groups excluding carboxylic acids is 2. The van der Waals surface area contributed by atoms with E-state index in [2.05, 4.69) is 17.4 Å². The van der Waals surface area contributed by atoms with Gasteiger partial charge < -0.3 is 15.0 Å². The molecule has 0 bridgehead atoms. The minimum Gasteiger partial charge on any atom is -0.371 e. The lowest BCUT2D eigenvalue weighted by atomic mass is 9.95. The number of hydrogen-bond donors (Lipinski definition) is 1. The van der Waals surface area contributed by atoms with Crippen molar-refractivity contribution in [3.63, 3.8) is 0 Å². The average molecular weight is 302 g/mol. The number of nitrogens with one attached hydrogen (secondary N) is 1. The minimum atomic E-state index is -0.110. The van der Waals surface area contributed by atoms with Gasteiger partial charge in [-0.05, 0) is 24.0 Å². The zero-order chi connectivity index (χ0) is 15.5. The number of amides is 2. The Morgan fingerprint density at radius 1 is 1.36 bits per heavy atom. The van der Waals surface area contributed by atoms with Gasteiger partial charge in [0.05, 0.1) is 19.1 Å². The van der Waals surface area contributed by atoms with Gasteiger partial charge in [0, 0.05) is 20.0 Å². The lowest BCUT2D eigenvalue weighted by Crippen LogP contribution is -2.45. The molecule has 1 aromatic carbocycles. The zero-order valence-corrected chi connectivity index (χ0v) is 12.9. The van der Waals surface area contributed by atoms with E-state index in [9.17, 15) is 9.59 Å². The summed E-state index contributed by atoms with van der Waals surface area (Å²) in [6.45, 7) is 1.70. The Hall–Kier alpha value is -1.88. The van der Waals surface area contributed by atoms with Gasteiger partial charge in [-0.3, -0.25) is 9.59 Å². The quantitative estimate of drug-likeness (QED) is 0.915. The second-order valence-electron chi connectivity index (χ2n) is 6.07. The maximum absolute atomic E-state index is 12.5. The van der Waals surface area contributed by atoms with E-state index in [4.69, 9.17) is 4.74 Å². The molecule has 5 nitrogen and oxygen atoms in total. The Labute approximate surface area is 130 Å². The molecule has 0 saturated carbocycles. The van der Waals surface area contributed by atoms with Crippen LogP contribution in [0.25, 0.3) is 0 Å². The summed E-state index contributed by atoms with van der Waals surface area (Å²) >= 11 is 0. The van der Waals surface area contributed by atoms with Crippen LogP contribution in [0, 0.1) is 5.92 Å². The van der Waals surface area contributed by atoms with E-state index in [-0.39, 0.29) is 23.8 Å². The van der Waals surface area contributed by atoms with Crippen LogP contribution in [0.5, 0.6) is 0 Å². The first-order valence-corrected chi connectivity index (χ1v) is 7.86. The molecular formula is C17H22N2O3. The van der Waals surface area contributed by atoms with Crippen molar-refractivity contribution in [1.29, 1.82) is 0 Å². The summed E-state index contributed by atoms with van der Waals surface area (Å²) < 4.78 is 5.87. The Morgan fingerprint density at radius 3 is 2.95 bits per heavy atom. The van der Waals surface area contributed by atoms with Crippen molar-refractivity contribution in [1.82, 2.24) is 10.2 Å². The molecule has 0 spiro atoms. The minimum absolute atomic E-state index is 0.0382. The van der Waals surface area contributed by atoms with Gasteiger partial charge in [0.25, 0.3) is 0 Å². The molecule has 118 valence electrons. The van der Waals surface area contributed by atoms with Crippen LogP contribution in [0.3, 0.4) is 0 Å². The molecule has 1 aromatic rings. The third-order valence-corrected chi connectivity index (χ3v) is 4.52. The molecule has 0 unspecified atom stereocenters. The highest BCUT2D eigenvalue weighted by atomic mass is 16.5. The van der Waals surface area contributed by atoms with Gasteiger partial charge in [-0.25, -0.2) is 0 Å². The highest BCUT2D eigenvalue weighted by molar-refractivity contribution is 5.83. The molecule has 5 heteroatoms. The normalized spacial score (nSPS) is 24.3. The second-order valence-corrected chi connectivity index (χ2v) is 6.07. The van der Waals surface area contributed by atoms with Crippen LogP contribution in [-0.2, 0) is 20.7 Å². The summed E-state index contributed by atoms with van der Waals surface area (Å²) in [5.41, 5.74) is 2.50. The van der Waals surface area contributed by atoms with Crippen molar-refractivity contribution in [2.75, 3.05) is 26.7 Å². The van der Waals surface area contributed by atoms with E-state index < -0.39 is 0 Å². The summed E-state index contributed by atoms with van der Waals surface area (Å²) in [5.74, 6) is 0.0180. The summed E-state index contributed by atoms with van der Waals surface area (Å²) in [4.78, 5) is 25.5. The molecule has 2 amide bonds. The lowest BCUT2D eigenvalue weighted by Gasteiger charge is -2.32. The standard InChI is InChI=1S/C17H22N2O3/c1-19(17(21)13-6-7-16(20)18-10-13)11-15-14-5-3-2-4-12(14)8-9-22-15/h2-5,13,15H,6-11H2,1H3,(H,18,20)/t13-,15-/m0/s1. The molecule has 2 heterocycles. The maximum Gasteiger partial charge on any atom is 0.227 e. The third kappa shape index (κ3) is 3.14. The fraction of sp³-hybridized carbons (Fsp3) is 0.529. The Kier molecular flexibility index (Phi) is 4.43. The molecule has 22 heavy (non-hydrogen) atoms. The predicted octanol–water partition coefficient (Wildman–Crippen LogP) is 1.28. The lowest BCUT2D eigenvalue weighted by molar-refractivity contribution is -0.138. The fourth-order valence-corrected chi connectivity index (χ4v) is 3.22. The van der Waals surface area contributed by atoms with E-state index in [0.29, 0.717) is 32.5 Å². The molecule has 2 aliphatic rings. The molecule has 0 radical (unpaired) electrons. The Balaban J connectivity index is 1.63. The van der Waals surface area contributed by atoms with Crippen molar-refractivity contribution in [3.05, 3.63) is 35.4 Å². The zero-order valence-electron chi connectivity index (χ0n) is 12.9. The van der Waals surface area contributed by atoms with Gasteiger partial charge in [-0.15, -0.1) is 0 Å². The van der Waals surface area contributed by atoms with Crippen molar-refractivity contribution in [2.24, 2.45) is 5.92 Å². The first-order valence-electron chi connectivity index (χ1n) is 7.86. The molecule has 1 saturated heterocycles. The molecule has 2 atom stereocenters. The maximum atomic E-state index is 12.5. The topological polar surface area (TPSA) is 58.6 Å². The molecule has 1 N–H and O–H groups in total. The monoisotopic (exact) mass is 302 g/mol. The second kappa shape index (κ2) is 6.48. The van der Waals surface area contributed by atoms with Gasteiger partial charge in [-0.1, -0.05) is 24.3 Å². The van der Waals surface area contributed by atoms with Crippen LogP contribution in [0.4, 0.5) is 0 Å². The van der Waals surface area contributed by atoms with Gasteiger partial charge in [0.1, 0.15) is 6.10 Å². The van der Waals surface area contributed by atoms with Gasteiger partial charge in [-0.2, -0.15) is 0 Å². The first kappa shape index (κ1) is 15.0. The van der Waals surface area contributed by atoms with Gasteiger partial charge >= 0.3 is 0 Å². The molecule has 3 rings (SSSR count). The summed E-state index contributed by atoms with van der Waals surface area (Å²) in [5, 5.41) is 2.77. The summed E-state index contributed by atoms with van der Waals surface area (Å²) in [6.07, 6.45) is 1.94. The number of piperidine rings is 1. The predicted molar refractivity (Wildman–Crippen MR) is 82.2 cm³/mol. The number of carbonyl (C=O) groups is 2. The van der Waals surface area contributed by atoms with Crippen molar-refractivity contribution < 1.29 is 14.3 Å². The van der Waals surface area contributed by atoms with E-state index in [1.807, 2.05) is 19.2 Å². The fourth-order valence-electron chi connectivity index (χ4n) is 3.22. The number of rotatable bonds is 3.